The van der Waals surface area contributed by atoms with Crippen LogP contribution in [0.15, 0.2) is 24.4 Å². The second-order valence-electron chi connectivity index (χ2n) is 4.84. The molecule has 1 fully saturated rings. The third kappa shape index (κ3) is 3.77. The molecule has 2 rings (SSSR count). The number of rotatable bonds is 5. The van der Waals surface area contributed by atoms with Crippen LogP contribution >= 0.6 is 0 Å². The fraction of sp³-hybridized carbons (Fsp3) is 0.500. The van der Waals surface area contributed by atoms with Gasteiger partial charge in [-0.3, -0.25) is 14.6 Å². The number of carbonyl (C=O) groups excluding carboxylic acids is 1. The van der Waals surface area contributed by atoms with E-state index in [1.165, 1.54) is 0 Å². The highest BCUT2D eigenvalue weighted by Gasteiger charge is 2.30. The zero-order valence-electron chi connectivity index (χ0n) is 10.8. The number of likely N-dealkylation sites (tertiary alicyclic amines) is 1. The summed E-state index contributed by atoms with van der Waals surface area (Å²) in [7, 11) is 0. The summed E-state index contributed by atoms with van der Waals surface area (Å²) in [5, 5.41) is 8.89. The number of amides is 1. The van der Waals surface area contributed by atoms with Crippen LogP contribution in [-0.2, 0) is 16.0 Å². The van der Waals surface area contributed by atoms with Gasteiger partial charge in [0.2, 0.25) is 5.91 Å². The fourth-order valence-electron chi connectivity index (χ4n) is 2.31. The van der Waals surface area contributed by atoms with Crippen LogP contribution in [0.2, 0.25) is 0 Å². The molecule has 1 aromatic rings. The second kappa shape index (κ2) is 6.31. The van der Waals surface area contributed by atoms with E-state index in [4.69, 9.17) is 5.11 Å². The molecule has 2 heterocycles. The van der Waals surface area contributed by atoms with Crippen molar-refractivity contribution in [3.05, 3.63) is 30.1 Å². The van der Waals surface area contributed by atoms with Crippen LogP contribution in [0.25, 0.3) is 0 Å². The summed E-state index contributed by atoms with van der Waals surface area (Å²) >= 11 is 0. The zero-order chi connectivity index (χ0) is 13.7. The Morgan fingerprint density at radius 2 is 2.26 bits per heavy atom. The van der Waals surface area contributed by atoms with Gasteiger partial charge in [-0.2, -0.15) is 0 Å². The number of aliphatic carboxylic acids is 1. The van der Waals surface area contributed by atoms with Crippen LogP contribution in [0.5, 0.6) is 0 Å². The number of aryl methyl sites for hydroxylation is 1. The maximum Gasteiger partial charge on any atom is 0.308 e. The standard InChI is InChI=1S/C14H18N2O3/c17-13(16-9-7-11(10-16)14(18)19)6-3-5-12-4-1-2-8-15-12/h1-2,4,8,11H,3,5-7,9-10H2,(H,18,19)/t11-/m1/s1. The highest BCUT2D eigenvalue weighted by atomic mass is 16.4. The minimum Gasteiger partial charge on any atom is -0.481 e. The predicted molar refractivity (Wildman–Crippen MR) is 69.5 cm³/mol. The molecule has 0 aliphatic carbocycles. The molecule has 1 aliphatic heterocycles. The van der Waals surface area contributed by atoms with Gasteiger partial charge >= 0.3 is 5.97 Å². The lowest BCUT2D eigenvalue weighted by Crippen LogP contribution is -2.29. The number of carbonyl (C=O) groups is 2. The summed E-state index contributed by atoms with van der Waals surface area (Å²) in [5.41, 5.74) is 0.986. The molecule has 0 spiro atoms. The number of carboxylic acids is 1. The minimum atomic E-state index is -0.802. The molecule has 1 N–H and O–H groups in total. The molecule has 1 amide bonds. The summed E-state index contributed by atoms with van der Waals surface area (Å²) in [4.78, 5) is 28.6. The summed E-state index contributed by atoms with van der Waals surface area (Å²) in [6.45, 7) is 0.928. The summed E-state index contributed by atoms with van der Waals surface area (Å²) in [5.74, 6) is -1.14. The molecule has 5 heteroatoms. The van der Waals surface area contributed by atoms with Crippen molar-refractivity contribution in [2.75, 3.05) is 13.1 Å². The Kier molecular flexibility index (Phi) is 4.49. The molecule has 1 aromatic heterocycles. The molecule has 1 saturated heterocycles. The average Bonchev–Trinajstić information content (AvgIpc) is 2.89. The maximum absolute atomic E-state index is 11.9. The van der Waals surface area contributed by atoms with Gasteiger partial charge in [0.05, 0.1) is 5.92 Å². The van der Waals surface area contributed by atoms with Crippen molar-refractivity contribution in [3.8, 4) is 0 Å². The number of hydrogen-bond donors (Lipinski definition) is 1. The summed E-state index contributed by atoms with van der Waals surface area (Å²) in [6, 6.07) is 5.74. The van der Waals surface area contributed by atoms with E-state index in [1.807, 2.05) is 18.2 Å². The normalized spacial score (nSPS) is 18.5. The second-order valence-corrected chi connectivity index (χ2v) is 4.84. The Balaban J connectivity index is 1.72. The van der Waals surface area contributed by atoms with Crippen molar-refractivity contribution >= 4 is 11.9 Å². The van der Waals surface area contributed by atoms with Crippen LogP contribution in [0.1, 0.15) is 25.0 Å². The molecule has 1 aliphatic rings. The number of aromatic nitrogens is 1. The molecular weight excluding hydrogens is 244 g/mol. The van der Waals surface area contributed by atoms with E-state index in [1.54, 1.807) is 11.1 Å². The zero-order valence-corrected chi connectivity index (χ0v) is 10.8. The van der Waals surface area contributed by atoms with E-state index in [0.717, 1.165) is 18.5 Å². The first-order valence-corrected chi connectivity index (χ1v) is 6.57. The summed E-state index contributed by atoms with van der Waals surface area (Å²) in [6.07, 6.45) is 4.31. The maximum atomic E-state index is 11.9. The number of carboxylic acid groups (broad SMARTS) is 1. The smallest absolute Gasteiger partial charge is 0.308 e. The molecule has 1 atom stereocenters. The largest absolute Gasteiger partial charge is 0.481 e. The minimum absolute atomic E-state index is 0.0553. The van der Waals surface area contributed by atoms with E-state index in [2.05, 4.69) is 4.98 Å². The van der Waals surface area contributed by atoms with Gasteiger partial charge in [-0.05, 0) is 31.4 Å². The highest BCUT2D eigenvalue weighted by Crippen LogP contribution is 2.17. The van der Waals surface area contributed by atoms with Gasteiger partial charge in [-0.25, -0.2) is 0 Å². The lowest BCUT2D eigenvalue weighted by molar-refractivity contribution is -0.141. The molecule has 0 bridgehead atoms. The van der Waals surface area contributed by atoms with Gasteiger partial charge in [-0.15, -0.1) is 0 Å². The molecule has 19 heavy (non-hydrogen) atoms. The van der Waals surface area contributed by atoms with Crippen molar-refractivity contribution in [3.63, 3.8) is 0 Å². The van der Waals surface area contributed by atoms with Crippen LogP contribution in [0, 0.1) is 5.92 Å². The molecule has 102 valence electrons. The first-order valence-electron chi connectivity index (χ1n) is 6.57. The molecule has 5 nitrogen and oxygen atoms in total. The van der Waals surface area contributed by atoms with Gasteiger partial charge in [-0.1, -0.05) is 6.07 Å². The summed E-state index contributed by atoms with van der Waals surface area (Å²) < 4.78 is 0. The van der Waals surface area contributed by atoms with E-state index >= 15 is 0 Å². The molecule has 0 unspecified atom stereocenters. The van der Waals surface area contributed by atoms with Crippen molar-refractivity contribution in [2.45, 2.75) is 25.7 Å². The molecule has 0 radical (unpaired) electrons. The van der Waals surface area contributed by atoms with Crippen LogP contribution in [0.3, 0.4) is 0 Å². The molecule has 0 saturated carbocycles. The monoisotopic (exact) mass is 262 g/mol. The van der Waals surface area contributed by atoms with E-state index < -0.39 is 5.97 Å². The van der Waals surface area contributed by atoms with Crippen LogP contribution in [0.4, 0.5) is 0 Å². The van der Waals surface area contributed by atoms with Crippen molar-refractivity contribution in [1.29, 1.82) is 0 Å². The van der Waals surface area contributed by atoms with Crippen molar-refractivity contribution < 1.29 is 14.7 Å². The Bertz CT molecular complexity index is 447. The lowest BCUT2D eigenvalue weighted by Gasteiger charge is -2.15. The number of hydrogen-bond acceptors (Lipinski definition) is 3. The van der Waals surface area contributed by atoms with Crippen LogP contribution < -0.4 is 0 Å². The SMILES string of the molecule is O=C(O)[C@@H]1CCN(C(=O)CCCc2ccccn2)C1. The Hall–Kier alpha value is -1.91. The Morgan fingerprint density at radius 3 is 2.89 bits per heavy atom. The third-order valence-electron chi connectivity index (χ3n) is 3.44. The fourth-order valence-corrected chi connectivity index (χ4v) is 2.31. The van der Waals surface area contributed by atoms with Gasteiger partial charge in [0.25, 0.3) is 0 Å². The highest BCUT2D eigenvalue weighted by molar-refractivity contribution is 5.78. The van der Waals surface area contributed by atoms with Gasteiger partial charge < -0.3 is 10.0 Å². The Labute approximate surface area is 112 Å². The number of pyridine rings is 1. The average molecular weight is 262 g/mol. The topological polar surface area (TPSA) is 70.5 Å². The lowest BCUT2D eigenvalue weighted by atomic mass is 10.1. The first kappa shape index (κ1) is 13.5. The number of nitrogens with zero attached hydrogens (tertiary/aromatic N) is 2. The first-order chi connectivity index (χ1) is 9.16. The molecule has 0 aromatic carbocycles. The van der Waals surface area contributed by atoms with Gasteiger partial charge in [0, 0.05) is 31.4 Å². The van der Waals surface area contributed by atoms with E-state index in [0.29, 0.717) is 25.9 Å². The third-order valence-corrected chi connectivity index (χ3v) is 3.44. The van der Waals surface area contributed by atoms with Crippen molar-refractivity contribution in [1.82, 2.24) is 9.88 Å². The van der Waals surface area contributed by atoms with Gasteiger partial charge in [0.1, 0.15) is 0 Å². The van der Waals surface area contributed by atoms with Crippen molar-refractivity contribution in [2.24, 2.45) is 5.92 Å². The molecular formula is C14H18N2O3. The van der Waals surface area contributed by atoms with Gasteiger partial charge in [0.15, 0.2) is 0 Å². The van der Waals surface area contributed by atoms with Crippen LogP contribution in [-0.4, -0.2) is 40.0 Å². The van der Waals surface area contributed by atoms with E-state index in [-0.39, 0.29) is 11.8 Å². The van der Waals surface area contributed by atoms with E-state index in [9.17, 15) is 9.59 Å². The predicted octanol–water partition coefficient (Wildman–Crippen LogP) is 1.34. The Morgan fingerprint density at radius 1 is 1.42 bits per heavy atom. The quantitative estimate of drug-likeness (QED) is 0.869.